The first-order valence-electron chi connectivity index (χ1n) is 7.02. The van der Waals surface area contributed by atoms with E-state index in [2.05, 4.69) is 6.92 Å². The minimum absolute atomic E-state index is 0.178. The maximum absolute atomic E-state index is 10.9. The monoisotopic (exact) mass is 263 g/mol. The normalized spacial score (nSPS) is 14.5. The Kier molecular flexibility index (Phi) is 8.57. The van der Waals surface area contributed by atoms with Crippen molar-refractivity contribution in [2.75, 3.05) is 12.8 Å². The van der Waals surface area contributed by atoms with Crippen LogP contribution in [0, 0.1) is 0 Å². The Morgan fingerprint density at radius 2 is 1.00 bits per heavy atom. The van der Waals surface area contributed by atoms with Crippen LogP contribution >= 0.6 is 7.28 Å². The molecule has 0 N–H and O–H groups in total. The summed E-state index contributed by atoms with van der Waals surface area (Å²) in [6.45, 7) is 3.05. The fourth-order valence-electron chi connectivity index (χ4n) is 1.95. The van der Waals surface area contributed by atoms with Crippen molar-refractivity contribution in [1.29, 1.82) is 0 Å². The van der Waals surface area contributed by atoms with Crippen LogP contribution < -0.4 is 14.7 Å². The van der Waals surface area contributed by atoms with E-state index in [-0.39, 0.29) is 6.16 Å². The summed E-state index contributed by atoms with van der Waals surface area (Å²) in [7, 11) is -4.95. The summed E-state index contributed by atoms with van der Waals surface area (Å²) in [5.74, 6) is 0. The molecule has 0 unspecified atom stereocenters. The van der Waals surface area contributed by atoms with E-state index in [0.29, 0.717) is 6.42 Å². The van der Waals surface area contributed by atoms with Gasteiger partial charge in [-0.1, -0.05) is 0 Å². The average molecular weight is 263 g/mol. The molecule has 0 amide bonds. The van der Waals surface area contributed by atoms with Gasteiger partial charge in [0.25, 0.3) is 0 Å². The van der Waals surface area contributed by atoms with Gasteiger partial charge in [0, 0.05) is 0 Å². The topological polar surface area (TPSA) is 69.2 Å². The zero-order valence-corrected chi connectivity index (χ0v) is 12.3. The van der Waals surface area contributed by atoms with Crippen LogP contribution in [0.5, 0.6) is 0 Å². The summed E-state index contributed by atoms with van der Waals surface area (Å²) in [5, 5.41) is 0. The molecule has 0 bridgehead atoms. The van der Waals surface area contributed by atoms with Crippen LogP contribution in [0.3, 0.4) is 0 Å². The Labute approximate surface area is 106 Å². The van der Waals surface area contributed by atoms with E-state index in [0.717, 1.165) is 19.5 Å². The molecule has 0 spiro atoms. The van der Waals surface area contributed by atoms with E-state index in [1.54, 1.807) is 0 Å². The molecular formula is C13H28O3P-3. The first kappa shape index (κ1) is 17.3. The molecule has 0 atom stereocenters. The van der Waals surface area contributed by atoms with Gasteiger partial charge >= 0.3 is 106 Å². The predicted molar refractivity (Wildman–Crippen MR) is 69.6 cm³/mol. The molecule has 0 aromatic heterocycles. The zero-order valence-electron chi connectivity index (χ0n) is 11.5. The van der Waals surface area contributed by atoms with Crippen molar-refractivity contribution in [2.24, 2.45) is 0 Å². The standard InChI is InChI=1S/C13H28O3P/c1-3-4-5-6-7-8-9-10-11-12-13-17(2,14,15)16/h3-13H2,1-2H3/q-3. The van der Waals surface area contributed by atoms with E-state index < -0.39 is 7.28 Å². The molecule has 0 heterocycles. The molecular weight excluding hydrogens is 235 g/mol. The minimum atomic E-state index is -4.95. The van der Waals surface area contributed by atoms with Gasteiger partial charge in [0.1, 0.15) is 0 Å². The van der Waals surface area contributed by atoms with Crippen molar-refractivity contribution >= 4 is 7.28 Å². The molecule has 0 rings (SSSR count). The molecule has 4 heteroatoms. The van der Waals surface area contributed by atoms with Gasteiger partial charge in [-0.2, -0.15) is 0 Å². The van der Waals surface area contributed by atoms with Crippen molar-refractivity contribution in [3.05, 3.63) is 0 Å². The van der Waals surface area contributed by atoms with E-state index in [9.17, 15) is 14.7 Å². The molecule has 0 aliphatic carbocycles. The van der Waals surface area contributed by atoms with Crippen LogP contribution in [-0.4, -0.2) is 12.8 Å². The van der Waals surface area contributed by atoms with E-state index in [4.69, 9.17) is 0 Å². The molecule has 0 aliphatic rings. The van der Waals surface area contributed by atoms with Crippen molar-refractivity contribution in [1.82, 2.24) is 0 Å². The third-order valence-corrected chi connectivity index (χ3v) is 4.32. The molecule has 106 valence electrons. The van der Waals surface area contributed by atoms with Crippen LogP contribution in [0.2, 0.25) is 0 Å². The Balaban J connectivity index is 3.15. The molecule has 0 aromatic carbocycles. The van der Waals surface area contributed by atoms with Crippen LogP contribution in [0.1, 0.15) is 71.1 Å². The quantitative estimate of drug-likeness (QED) is 0.422. The van der Waals surface area contributed by atoms with Crippen molar-refractivity contribution in [3.63, 3.8) is 0 Å². The predicted octanol–water partition coefficient (Wildman–Crippen LogP) is 1.92. The molecule has 0 radical (unpaired) electrons. The van der Waals surface area contributed by atoms with Crippen LogP contribution in [0.4, 0.5) is 0 Å². The third-order valence-electron chi connectivity index (χ3n) is 3.01. The second-order valence-corrected chi connectivity index (χ2v) is 8.78. The Bertz CT molecular complexity index is 178. The molecule has 0 saturated heterocycles. The average Bonchev–Trinajstić information content (AvgIpc) is 2.18. The summed E-state index contributed by atoms with van der Waals surface area (Å²) in [6, 6.07) is 0. The molecule has 0 aliphatic heterocycles. The first-order chi connectivity index (χ1) is 7.81. The molecule has 0 fully saturated rings. The first-order valence-corrected chi connectivity index (χ1v) is 9.64. The van der Waals surface area contributed by atoms with Crippen LogP contribution in [-0.2, 0) is 0 Å². The van der Waals surface area contributed by atoms with Gasteiger partial charge in [-0.25, -0.2) is 0 Å². The van der Waals surface area contributed by atoms with Gasteiger partial charge in [0.2, 0.25) is 0 Å². The number of unbranched alkanes of at least 4 members (excludes halogenated alkanes) is 9. The van der Waals surface area contributed by atoms with E-state index >= 15 is 0 Å². The Morgan fingerprint density at radius 1 is 0.647 bits per heavy atom. The molecule has 17 heavy (non-hydrogen) atoms. The van der Waals surface area contributed by atoms with Gasteiger partial charge in [0.05, 0.1) is 0 Å². The fourth-order valence-corrected chi connectivity index (χ4v) is 2.88. The fraction of sp³-hybridized carbons (Fsp3) is 1.00. The number of hydrogen-bond donors (Lipinski definition) is 0. The Morgan fingerprint density at radius 3 is 1.35 bits per heavy atom. The molecule has 0 aromatic rings. The summed E-state index contributed by atoms with van der Waals surface area (Å²) in [6.07, 6.45) is 11.2. The Hall–Kier alpha value is 0.310. The van der Waals surface area contributed by atoms with Crippen molar-refractivity contribution < 1.29 is 14.7 Å². The molecule has 3 nitrogen and oxygen atoms in total. The number of hydrogen-bond acceptors (Lipinski definition) is 3. The zero-order chi connectivity index (χ0) is 13.2. The maximum atomic E-state index is 10.9. The summed E-state index contributed by atoms with van der Waals surface area (Å²) < 4.78 is 0. The van der Waals surface area contributed by atoms with Crippen LogP contribution in [0.15, 0.2) is 0 Å². The van der Waals surface area contributed by atoms with Crippen molar-refractivity contribution in [2.45, 2.75) is 71.1 Å². The summed E-state index contributed by atoms with van der Waals surface area (Å²) >= 11 is 0. The van der Waals surface area contributed by atoms with Gasteiger partial charge in [-0.05, 0) is 0 Å². The van der Waals surface area contributed by atoms with Gasteiger partial charge < -0.3 is 0 Å². The summed E-state index contributed by atoms with van der Waals surface area (Å²) in [4.78, 5) is 32.8. The molecule has 0 saturated carbocycles. The van der Waals surface area contributed by atoms with Crippen LogP contribution in [0.25, 0.3) is 0 Å². The second-order valence-electron chi connectivity index (χ2n) is 5.38. The van der Waals surface area contributed by atoms with E-state index in [1.165, 1.54) is 44.9 Å². The van der Waals surface area contributed by atoms with Crippen molar-refractivity contribution in [3.8, 4) is 0 Å². The van der Waals surface area contributed by atoms with Gasteiger partial charge in [-0.15, -0.1) is 0 Å². The van der Waals surface area contributed by atoms with Gasteiger partial charge in [0.15, 0.2) is 0 Å². The summed E-state index contributed by atoms with van der Waals surface area (Å²) in [5.41, 5.74) is 0. The van der Waals surface area contributed by atoms with Gasteiger partial charge in [-0.3, -0.25) is 0 Å². The second kappa shape index (κ2) is 8.42. The SMILES string of the molecule is CCCCCCCCCCCCP(C)([O-])([O-])[O-]. The number of rotatable bonds is 11. The van der Waals surface area contributed by atoms with E-state index in [1.807, 2.05) is 0 Å². The third kappa shape index (κ3) is 16.3.